The summed E-state index contributed by atoms with van der Waals surface area (Å²) in [6.07, 6.45) is 3.52. The number of imidazole rings is 1. The van der Waals surface area contributed by atoms with Gasteiger partial charge in [0.15, 0.2) is 0 Å². The fourth-order valence-electron chi connectivity index (χ4n) is 1.89. The molecule has 3 rings (SSSR count). The lowest BCUT2D eigenvalue weighted by molar-refractivity contribution is 0.0864. The molecule has 1 atom stereocenters. The van der Waals surface area contributed by atoms with E-state index < -0.39 is 0 Å². The third-order valence-electron chi connectivity index (χ3n) is 2.84. The van der Waals surface area contributed by atoms with Crippen LogP contribution in [0, 0.1) is 0 Å². The van der Waals surface area contributed by atoms with Gasteiger partial charge in [0.1, 0.15) is 17.6 Å². The van der Waals surface area contributed by atoms with Crippen molar-refractivity contribution < 1.29 is 4.74 Å². The van der Waals surface area contributed by atoms with E-state index in [0.717, 1.165) is 11.3 Å². The molecule has 1 aliphatic rings. The summed E-state index contributed by atoms with van der Waals surface area (Å²) < 4.78 is 7.60. The Labute approximate surface area is 109 Å². The minimum Gasteiger partial charge on any atom is -0.385 e. The van der Waals surface area contributed by atoms with E-state index in [2.05, 4.69) is 15.0 Å². The van der Waals surface area contributed by atoms with Crippen LogP contribution in [0.25, 0.3) is 5.65 Å². The van der Waals surface area contributed by atoms with Crippen LogP contribution < -0.4 is 11.5 Å². The van der Waals surface area contributed by atoms with Gasteiger partial charge in [-0.05, 0) is 12.1 Å². The SMILES string of the molecule is NC1=NCC(OCc2cn3ccccc3n2)C(N)=N1. The lowest BCUT2D eigenvalue weighted by Gasteiger charge is -2.17. The first kappa shape index (κ1) is 11.7. The van der Waals surface area contributed by atoms with Gasteiger partial charge in [0.2, 0.25) is 5.96 Å². The van der Waals surface area contributed by atoms with E-state index in [4.69, 9.17) is 16.2 Å². The molecule has 2 aromatic rings. The molecular formula is C12H14N6O. The molecule has 0 amide bonds. The largest absolute Gasteiger partial charge is 0.385 e. The summed E-state index contributed by atoms with van der Waals surface area (Å²) >= 11 is 0. The number of guanidine groups is 1. The van der Waals surface area contributed by atoms with Crippen molar-refractivity contribution in [3.05, 3.63) is 36.3 Å². The van der Waals surface area contributed by atoms with Crippen LogP contribution in [-0.2, 0) is 11.3 Å². The number of amidine groups is 1. The zero-order valence-corrected chi connectivity index (χ0v) is 10.2. The molecule has 4 N–H and O–H groups in total. The second kappa shape index (κ2) is 4.69. The van der Waals surface area contributed by atoms with Crippen LogP contribution in [0.1, 0.15) is 5.69 Å². The Hall–Kier alpha value is -2.41. The van der Waals surface area contributed by atoms with Crippen molar-refractivity contribution in [3.8, 4) is 0 Å². The number of aliphatic imine (C=N–C) groups is 2. The summed E-state index contributed by atoms with van der Waals surface area (Å²) in [4.78, 5) is 12.3. The Bertz CT molecular complexity index is 626. The van der Waals surface area contributed by atoms with Crippen LogP contribution >= 0.6 is 0 Å². The molecule has 0 spiro atoms. The number of hydrogen-bond donors (Lipinski definition) is 2. The second-order valence-electron chi connectivity index (χ2n) is 4.23. The first-order chi connectivity index (χ1) is 9.22. The van der Waals surface area contributed by atoms with Gasteiger partial charge in [-0.15, -0.1) is 0 Å². The first-order valence-corrected chi connectivity index (χ1v) is 5.90. The van der Waals surface area contributed by atoms with Crippen molar-refractivity contribution in [1.82, 2.24) is 9.38 Å². The molecule has 0 saturated heterocycles. The van der Waals surface area contributed by atoms with Gasteiger partial charge in [0, 0.05) is 12.4 Å². The first-order valence-electron chi connectivity index (χ1n) is 5.90. The quantitative estimate of drug-likeness (QED) is 0.802. The van der Waals surface area contributed by atoms with Crippen LogP contribution in [0.5, 0.6) is 0 Å². The minimum atomic E-state index is -0.336. The Morgan fingerprint density at radius 3 is 3.05 bits per heavy atom. The van der Waals surface area contributed by atoms with Gasteiger partial charge in [-0.2, -0.15) is 4.99 Å². The molecule has 0 bridgehead atoms. The van der Waals surface area contributed by atoms with Crippen molar-refractivity contribution >= 4 is 17.4 Å². The minimum absolute atomic E-state index is 0.199. The highest BCUT2D eigenvalue weighted by molar-refractivity contribution is 5.98. The Balaban J connectivity index is 1.68. The maximum Gasteiger partial charge on any atom is 0.217 e. The molecule has 98 valence electrons. The highest BCUT2D eigenvalue weighted by Crippen LogP contribution is 2.08. The maximum atomic E-state index is 5.75. The molecule has 1 unspecified atom stereocenters. The number of hydrogen-bond acceptors (Lipinski definition) is 6. The van der Waals surface area contributed by atoms with E-state index in [-0.39, 0.29) is 12.1 Å². The summed E-state index contributed by atoms with van der Waals surface area (Å²) in [5.74, 6) is 0.557. The number of rotatable bonds is 3. The summed E-state index contributed by atoms with van der Waals surface area (Å²) in [5.41, 5.74) is 12.9. The highest BCUT2D eigenvalue weighted by atomic mass is 16.5. The van der Waals surface area contributed by atoms with Crippen molar-refractivity contribution in [2.24, 2.45) is 21.5 Å². The van der Waals surface area contributed by atoms with E-state index in [0.29, 0.717) is 19.0 Å². The predicted molar refractivity (Wildman–Crippen MR) is 71.9 cm³/mol. The number of fused-ring (bicyclic) bond motifs is 1. The molecule has 7 nitrogen and oxygen atoms in total. The van der Waals surface area contributed by atoms with Gasteiger partial charge in [-0.1, -0.05) is 6.07 Å². The summed E-state index contributed by atoms with van der Waals surface area (Å²) in [6, 6.07) is 5.82. The van der Waals surface area contributed by atoms with Gasteiger partial charge in [-0.3, -0.25) is 0 Å². The zero-order valence-electron chi connectivity index (χ0n) is 10.2. The Morgan fingerprint density at radius 2 is 2.26 bits per heavy atom. The number of ether oxygens (including phenoxy) is 1. The fourth-order valence-corrected chi connectivity index (χ4v) is 1.89. The highest BCUT2D eigenvalue weighted by Gasteiger charge is 2.18. The summed E-state index contributed by atoms with van der Waals surface area (Å²) in [5, 5.41) is 0. The number of nitrogens with two attached hydrogens (primary N) is 2. The average molecular weight is 258 g/mol. The maximum absolute atomic E-state index is 5.75. The number of pyridine rings is 1. The summed E-state index contributed by atoms with van der Waals surface area (Å²) in [7, 11) is 0. The second-order valence-corrected chi connectivity index (χ2v) is 4.23. The summed E-state index contributed by atoms with van der Waals surface area (Å²) in [6.45, 7) is 0.756. The monoisotopic (exact) mass is 258 g/mol. The molecule has 0 fully saturated rings. The van der Waals surface area contributed by atoms with Crippen LogP contribution in [0.2, 0.25) is 0 Å². The molecule has 0 radical (unpaired) electrons. The van der Waals surface area contributed by atoms with Crippen LogP contribution in [0.15, 0.2) is 40.6 Å². The van der Waals surface area contributed by atoms with E-state index in [1.54, 1.807) is 0 Å². The molecule has 1 aliphatic heterocycles. The van der Waals surface area contributed by atoms with Crippen molar-refractivity contribution in [2.45, 2.75) is 12.7 Å². The normalized spacial score (nSPS) is 19.3. The molecule has 3 heterocycles. The molecular weight excluding hydrogens is 244 g/mol. The van der Waals surface area contributed by atoms with E-state index in [1.165, 1.54) is 0 Å². The van der Waals surface area contributed by atoms with Crippen LogP contribution in [-0.4, -0.2) is 33.8 Å². The molecule has 2 aromatic heterocycles. The molecule has 0 aliphatic carbocycles. The van der Waals surface area contributed by atoms with Crippen molar-refractivity contribution in [1.29, 1.82) is 0 Å². The topological polar surface area (TPSA) is 103 Å². The van der Waals surface area contributed by atoms with Gasteiger partial charge >= 0.3 is 0 Å². The Kier molecular flexibility index (Phi) is 2.88. The zero-order chi connectivity index (χ0) is 13.2. The lowest BCUT2D eigenvalue weighted by Crippen LogP contribution is -2.39. The lowest BCUT2D eigenvalue weighted by atomic mass is 10.3. The van der Waals surface area contributed by atoms with E-state index in [1.807, 2.05) is 35.0 Å². The molecule has 0 saturated carbocycles. The van der Waals surface area contributed by atoms with Gasteiger partial charge < -0.3 is 20.6 Å². The third kappa shape index (κ3) is 2.41. The van der Waals surface area contributed by atoms with E-state index in [9.17, 15) is 0 Å². The Morgan fingerprint density at radius 1 is 1.37 bits per heavy atom. The van der Waals surface area contributed by atoms with Crippen molar-refractivity contribution in [2.75, 3.05) is 6.54 Å². The van der Waals surface area contributed by atoms with Crippen molar-refractivity contribution in [3.63, 3.8) is 0 Å². The molecule has 7 heteroatoms. The standard InChI is InChI=1S/C12H14N6O/c13-11-9(5-15-12(14)17-11)19-7-8-6-18-4-2-1-3-10(18)16-8/h1-4,6,9H,5,7H2,(H4,13,14,15,17). The van der Waals surface area contributed by atoms with Gasteiger partial charge in [0.05, 0.1) is 18.8 Å². The predicted octanol–water partition coefficient (Wildman–Crippen LogP) is -0.0950. The average Bonchev–Trinajstić information content (AvgIpc) is 2.80. The smallest absolute Gasteiger partial charge is 0.217 e. The number of aromatic nitrogens is 2. The molecule has 0 aromatic carbocycles. The van der Waals surface area contributed by atoms with Crippen LogP contribution in [0.4, 0.5) is 0 Å². The third-order valence-corrected chi connectivity index (χ3v) is 2.84. The fraction of sp³-hybridized carbons (Fsp3) is 0.250. The van der Waals surface area contributed by atoms with Gasteiger partial charge in [-0.25, -0.2) is 9.98 Å². The number of nitrogens with zero attached hydrogens (tertiary/aromatic N) is 4. The molecule has 19 heavy (non-hydrogen) atoms. The van der Waals surface area contributed by atoms with Gasteiger partial charge in [0.25, 0.3) is 0 Å². The van der Waals surface area contributed by atoms with Crippen LogP contribution in [0.3, 0.4) is 0 Å². The van der Waals surface area contributed by atoms with E-state index >= 15 is 0 Å².